The van der Waals surface area contributed by atoms with Crippen molar-refractivity contribution in [2.24, 2.45) is 5.92 Å². The van der Waals surface area contributed by atoms with E-state index < -0.39 is 6.10 Å². The molecule has 0 heterocycles. The standard InChI is InChI=1S/C15H27NO2/c1-4-5-6-7-8-9-10-14(17)11-15(18)16-12-13(2)3/h5-8,13-14,17H,4,9-12H2,1-3H3,(H,16,18)/b6-5+,8-7?. The molecule has 1 atom stereocenters. The van der Waals surface area contributed by atoms with Gasteiger partial charge in [-0.15, -0.1) is 0 Å². The Kier molecular flexibility index (Phi) is 10.4. The molecule has 0 bridgehead atoms. The predicted octanol–water partition coefficient (Wildman–Crippen LogP) is 2.81. The van der Waals surface area contributed by atoms with Crippen LogP contribution in [0.5, 0.6) is 0 Å². The van der Waals surface area contributed by atoms with Crippen molar-refractivity contribution in [1.82, 2.24) is 5.32 Å². The van der Waals surface area contributed by atoms with Crippen molar-refractivity contribution in [2.45, 2.75) is 52.6 Å². The molecule has 0 aliphatic carbocycles. The van der Waals surface area contributed by atoms with E-state index in [1.807, 2.05) is 32.1 Å². The fourth-order valence-electron chi connectivity index (χ4n) is 1.38. The number of aliphatic hydroxyl groups is 1. The molecule has 0 rings (SSSR count). The summed E-state index contributed by atoms with van der Waals surface area (Å²) < 4.78 is 0. The molecule has 18 heavy (non-hydrogen) atoms. The lowest BCUT2D eigenvalue weighted by Crippen LogP contribution is -2.30. The smallest absolute Gasteiger partial charge is 0.222 e. The number of carbonyl (C=O) groups is 1. The van der Waals surface area contributed by atoms with Gasteiger partial charge in [-0.1, -0.05) is 45.1 Å². The third-order valence-electron chi connectivity index (χ3n) is 2.41. The van der Waals surface area contributed by atoms with E-state index in [1.165, 1.54) is 0 Å². The van der Waals surface area contributed by atoms with Gasteiger partial charge in [0.1, 0.15) is 0 Å². The SMILES string of the molecule is CC/C=C/C=CCCC(O)CC(=O)NCC(C)C. The zero-order chi connectivity index (χ0) is 13.8. The van der Waals surface area contributed by atoms with Crippen LogP contribution >= 0.6 is 0 Å². The van der Waals surface area contributed by atoms with Crippen molar-refractivity contribution in [3.05, 3.63) is 24.3 Å². The number of rotatable bonds is 9. The number of hydrogen-bond acceptors (Lipinski definition) is 2. The first-order chi connectivity index (χ1) is 8.56. The number of carbonyl (C=O) groups excluding carboxylic acids is 1. The minimum atomic E-state index is -0.544. The van der Waals surface area contributed by atoms with Gasteiger partial charge in [0, 0.05) is 6.54 Å². The molecular formula is C15H27NO2. The molecule has 0 aromatic rings. The Balaban J connectivity index is 3.64. The zero-order valence-electron chi connectivity index (χ0n) is 11.9. The molecule has 0 saturated heterocycles. The molecule has 0 radical (unpaired) electrons. The van der Waals surface area contributed by atoms with E-state index in [4.69, 9.17) is 0 Å². The van der Waals surface area contributed by atoms with Crippen LogP contribution in [0.15, 0.2) is 24.3 Å². The van der Waals surface area contributed by atoms with Crippen LogP contribution in [0.2, 0.25) is 0 Å². The van der Waals surface area contributed by atoms with E-state index in [-0.39, 0.29) is 12.3 Å². The Morgan fingerprint density at radius 1 is 1.28 bits per heavy atom. The number of allylic oxidation sites excluding steroid dienone is 4. The molecule has 0 fully saturated rings. The van der Waals surface area contributed by atoms with Gasteiger partial charge in [0.05, 0.1) is 12.5 Å². The second-order valence-electron chi connectivity index (χ2n) is 4.90. The third kappa shape index (κ3) is 11.4. The van der Waals surface area contributed by atoms with Crippen LogP contribution in [-0.2, 0) is 4.79 Å². The van der Waals surface area contributed by atoms with Gasteiger partial charge in [0.15, 0.2) is 0 Å². The van der Waals surface area contributed by atoms with Crippen LogP contribution in [0.1, 0.15) is 46.5 Å². The predicted molar refractivity (Wildman–Crippen MR) is 76.3 cm³/mol. The van der Waals surface area contributed by atoms with E-state index in [1.54, 1.807) is 0 Å². The molecule has 1 amide bonds. The van der Waals surface area contributed by atoms with E-state index >= 15 is 0 Å². The average Bonchev–Trinajstić information content (AvgIpc) is 2.31. The Labute approximate surface area is 111 Å². The van der Waals surface area contributed by atoms with Gasteiger partial charge in [0.25, 0.3) is 0 Å². The maximum atomic E-state index is 11.4. The Morgan fingerprint density at radius 3 is 2.56 bits per heavy atom. The molecule has 104 valence electrons. The molecule has 0 aliphatic heterocycles. The summed E-state index contributed by atoms with van der Waals surface area (Å²) in [6, 6.07) is 0. The third-order valence-corrected chi connectivity index (χ3v) is 2.41. The Hall–Kier alpha value is -1.09. The minimum Gasteiger partial charge on any atom is -0.393 e. The highest BCUT2D eigenvalue weighted by molar-refractivity contribution is 5.76. The van der Waals surface area contributed by atoms with E-state index in [0.717, 1.165) is 12.8 Å². The van der Waals surface area contributed by atoms with Gasteiger partial charge < -0.3 is 10.4 Å². The summed E-state index contributed by atoms with van der Waals surface area (Å²) in [6.45, 7) is 6.85. The first-order valence-corrected chi connectivity index (χ1v) is 6.82. The Bertz CT molecular complexity index is 270. The summed E-state index contributed by atoms with van der Waals surface area (Å²) >= 11 is 0. The maximum absolute atomic E-state index is 11.4. The van der Waals surface area contributed by atoms with Crippen LogP contribution < -0.4 is 5.32 Å². The molecule has 0 aromatic heterocycles. The number of amides is 1. The first-order valence-electron chi connectivity index (χ1n) is 6.82. The molecule has 2 N–H and O–H groups in total. The number of aliphatic hydroxyl groups excluding tert-OH is 1. The summed E-state index contributed by atoms with van der Waals surface area (Å²) in [5, 5.41) is 12.5. The van der Waals surface area contributed by atoms with E-state index in [9.17, 15) is 9.90 Å². The number of nitrogens with one attached hydrogen (secondary N) is 1. The maximum Gasteiger partial charge on any atom is 0.222 e. The minimum absolute atomic E-state index is 0.0638. The van der Waals surface area contributed by atoms with Crippen molar-refractivity contribution < 1.29 is 9.90 Å². The van der Waals surface area contributed by atoms with Crippen LogP contribution in [0, 0.1) is 5.92 Å². The van der Waals surface area contributed by atoms with Crippen LogP contribution in [0.25, 0.3) is 0 Å². The van der Waals surface area contributed by atoms with Gasteiger partial charge in [0.2, 0.25) is 5.91 Å². The quantitative estimate of drug-likeness (QED) is 0.621. The summed E-state index contributed by atoms with van der Waals surface area (Å²) in [5.41, 5.74) is 0. The van der Waals surface area contributed by atoms with Crippen LogP contribution in [0.4, 0.5) is 0 Å². The molecular weight excluding hydrogens is 226 g/mol. The van der Waals surface area contributed by atoms with Gasteiger partial charge in [-0.05, 0) is 25.2 Å². The molecule has 0 aromatic carbocycles. The summed E-state index contributed by atoms with van der Waals surface area (Å²) in [5.74, 6) is 0.380. The van der Waals surface area contributed by atoms with Crippen molar-refractivity contribution in [2.75, 3.05) is 6.54 Å². The van der Waals surface area contributed by atoms with Crippen molar-refractivity contribution in [1.29, 1.82) is 0 Å². The van der Waals surface area contributed by atoms with Crippen LogP contribution in [0.3, 0.4) is 0 Å². The molecule has 0 saturated carbocycles. The molecule has 3 nitrogen and oxygen atoms in total. The highest BCUT2D eigenvalue weighted by Gasteiger charge is 2.09. The lowest BCUT2D eigenvalue weighted by molar-refractivity contribution is -0.123. The summed E-state index contributed by atoms with van der Waals surface area (Å²) in [4.78, 5) is 11.4. The lowest BCUT2D eigenvalue weighted by atomic mass is 10.1. The van der Waals surface area contributed by atoms with E-state index in [0.29, 0.717) is 18.9 Å². The van der Waals surface area contributed by atoms with Crippen molar-refractivity contribution in [3.8, 4) is 0 Å². The topological polar surface area (TPSA) is 49.3 Å². The van der Waals surface area contributed by atoms with Crippen LogP contribution in [-0.4, -0.2) is 23.7 Å². The largest absolute Gasteiger partial charge is 0.393 e. The van der Waals surface area contributed by atoms with Gasteiger partial charge in [-0.2, -0.15) is 0 Å². The fourth-order valence-corrected chi connectivity index (χ4v) is 1.38. The highest BCUT2D eigenvalue weighted by atomic mass is 16.3. The van der Waals surface area contributed by atoms with Crippen molar-refractivity contribution >= 4 is 5.91 Å². The Morgan fingerprint density at radius 2 is 1.94 bits per heavy atom. The second-order valence-corrected chi connectivity index (χ2v) is 4.90. The zero-order valence-corrected chi connectivity index (χ0v) is 11.9. The van der Waals surface area contributed by atoms with Gasteiger partial charge in [-0.25, -0.2) is 0 Å². The second kappa shape index (κ2) is 11.0. The fraction of sp³-hybridized carbons (Fsp3) is 0.667. The first kappa shape index (κ1) is 16.9. The molecule has 0 spiro atoms. The number of hydrogen-bond donors (Lipinski definition) is 2. The normalized spacial score (nSPS) is 13.6. The van der Waals surface area contributed by atoms with E-state index in [2.05, 4.69) is 18.3 Å². The highest BCUT2D eigenvalue weighted by Crippen LogP contribution is 2.03. The molecule has 1 unspecified atom stereocenters. The molecule has 0 aliphatic rings. The lowest BCUT2D eigenvalue weighted by Gasteiger charge is -2.11. The van der Waals surface area contributed by atoms with Gasteiger partial charge in [-0.3, -0.25) is 4.79 Å². The molecule has 3 heteroatoms. The van der Waals surface area contributed by atoms with Crippen molar-refractivity contribution in [3.63, 3.8) is 0 Å². The average molecular weight is 253 g/mol. The summed E-state index contributed by atoms with van der Waals surface area (Å²) in [7, 11) is 0. The van der Waals surface area contributed by atoms with Gasteiger partial charge >= 0.3 is 0 Å². The monoisotopic (exact) mass is 253 g/mol. The summed E-state index contributed by atoms with van der Waals surface area (Å²) in [6.07, 6.45) is 10.2.